The average Bonchev–Trinajstić information content (AvgIpc) is 3.64. The van der Waals surface area contributed by atoms with E-state index < -0.39 is 5.97 Å². The second kappa shape index (κ2) is 11.6. The van der Waals surface area contributed by atoms with Gasteiger partial charge in [0.05, 0.1) is 5.56 Å². The summed E-state index contributed by atoms with van der Waals surface area (Å²) in [5.74, 6) is -1.02. The van der Waals surface area contributed by atoms with Crippen molar-refractivity contribution >= 4 is 79.3 Å². The lowest BCUT2D eigenvalue weighted by atomic mass is 9.97. The van der Waals surface area contributed by atoms with Crippen LogP contribution in [-0.4, -0.2) is 17.4 Å². The molecular formula is C38H22Cl2O5. The van der Waals surface area contributed by atoms with Crippen LogP contribution < -0.4 is 0 Å². The zero-order valence-electron chi connectivity index (χ0n) is 23.5. The topological polar surface area (TPSA) is 80.6 Å². The van der Waals surface area contributed by atoms with E-state index in [-0.39, 0.29) is 5.56 Å². The molecule has 0 amide bonds. The minimum atomic E-state index is -1.02. The zero-order valence-corrected chi connectivity index (χ0v) is 25.0. The van der Waals surface area contributed by atoms with Gasteiger partial charge in [-0.15, -0.1) is 0 Å². The normalized spacial score (nSPS) is 11.2. The van der Waals surface area contributed by atoms with Gasteiger partial charge in [0.25, 0.3) is 0 Å². The number of rotatable bonds is 4. The standard InChI is InChI=1S/C19H11ClO3.C19H11ClO2/c20-11-8-9-12(16(10-11)19(21)22)14-5-3-6-15-13-4-1-2-7-17(13)23-18(14)15;20-13-8-9-14(12(10-13)11-21)16-5-3-6-17-15-4-1-2-7-18(15)22-19(16)17/h1-10H,(H,21,22);1-11H. The third kappa shape index (κ3) is 5.12. The van der Waals surface area contributed by atoms with Crippen LogP contribution in [0.4, 0.5) is 0 Å². The number of carboxylic acids is 1. The summed E-state index contributed by atoms with van der Waals surface area (Å²) in [6.45, 7) is 0. The van der Waals surface area contributed by atoms with E-state index in [1.165, 1.54) is 6.07 Å². The maximum absolute atomic E-state index is 11.6. The molecule has 0 aliphatic rings. The predicted molar refractivity (Wildman–Crippen MR) is 181 cm³/mol. The van der Waals surface area contributed by atoms with Crippen molar-refractivity contribution in [3.8, 4) is 22.3 Å². The molecule has 0 saturated carbocycles. The van der Waals surface area contributed by atoms with Crippen LogP contribution in [0.5, 0.6) is 0 Å². The largest absolute Gasteiger partial charge is 0.478 e. The van der Waals surface area contributed by atoms with Crippen molar-refractivity contribution < 1.29 is 23.5 Å². The molecule has 2 aromatic heterocycles. The number of fused-ring (bicyclic) bond motifs is 6. The number of carbonyl (C=O) groups is 2. The first-order chi connectivity index (χ1) is 21.9. The van der Waals surface area contributed by atoms with Crippen molar-refractivity contribution in [3.63, 3.8) is 0 Å². The summed E-state index contributed by atoms with van der Waals surface area (Å²) in [5.41, 5.74) is 6.85. The van der Waals surface area contributed by atoms with Gasteiger partial charge < -0.3 is 13.9 Å². The molecule has 6 aromatic carbocycles. The third-order valence-electron chi connectivity index (χ3n) is 7.74. The van der Waals surface area contributed by atoms with Crippen molar-refractivity contribution in [1.82, 2.24) is 0 Å². The fraction of sp³-hybridized carbons (Fsp3) is 0. The van der Waals surface area contributed by atoms with Crippen LogP contribution in [0.1, 0.15) is 20.7 Å². The van der Waals surface area contributed by atoms with Crippen LogP contribution in [-0.2, 0) is 0 Å². The highest BCUT2D eigenvalue weighted by Gasteiger charge is 2.18. The predicted octanol–water partition coefficient (Wildman–Crippen LogP) is 11.3. The van der Waals surface area contributed by atoms with E-state index in [4.69, 9.17) is 32.0 Å². The maximum atomic E-state index is 11.6. The van der Waals surface area contributed by atoms with E-state index in [0.717, 1.165) is 61.3 Å². The summed E-state index contributed by atoms with van der Waals surface area (Å²) in [6, 6.07) is 37.5. The Balaban J connectivity index is 0.000000145. The zero-order chi connectivity index (χ0) is 31.1. The molecule has 0 bridgehead atoms. The number of benzene rings is 6. The maximum Gasteiger partial charge on any atom is 0.336 e. The molecule has 2 heterocycles. The van der Waals surface area contributed by atoms with Crippen molar-refractivity contribution in [2.45, 2.75) is 0 Å². The summed E-state index contributed by atoms with van der Waals surface area (Å²) in [4.78, 5) is 22.9. The number of aromatic carboxylic acids is 1. The fourth-order valence-corrected chi connectivity index (χ4v) is 6.08. The number of carboxylic acid groups (broad SMARTS) is 1. The van der Waals surface area contributed by atoms with Gasteiger partial charge in [-0.05, 0) is 42.0 Å². The highest BCUT2D eigenvalue weighted by molar-refractivity contribution is 6.31. The molecule has 0 saturated heterocycles. The second-order valence-electron chi connectivity index (χ2n) is 10.4. The molecule has 1 N–H and O–H groups in total. The van der Waals surface area contributed by atoms with E-state index in [1.807, 2.05) is 91.0 Å². The Morgan fingerprint density at radius 2 is 1.04 bits per heavy atom. The van der Waals surface area contributed by atoms with E-state index >= 15 is 0 Å². The third-order valence-corrected chi connectivity index (χ3v) is 8.21. The Morgan fingerprint density at radius 3 is 1.60 bits per heavy atom. The van der Waals surface area contributed by atoms with Gasteiger partial charge in [0.15, 0.2) is 6.29 Å². The lowest BCUT2D eigenvalue weighted by Crippen LogP contribution is -1.99. The summed E-state index contributed by atoms with van der Waals surface area (Å²) in [5, 5.41) is 14.5. The monoisotopic (exact) mass is 628 g/mol. The highest BCUT2D eigenvalue weighted by Crippen LogP contribution is 2.38. The molecule has 0 unspecified atom stereocenters. The molecule has 0 aliphatic carbocycles. The van der Waals surface area contributed by atoms with Crippen LogP contribution >= 0.6 is 23.2 Å². The summed E-state index contributed by atoms with van der Waals surface area (Å²) in [6.07, 6.45) is 0.822. The summed E-state index contributed by atoms with van der Waals surface area (Å²) >= 11 is 11.9. The number of carbonyl (C=O) groups excluding carboxylic acids is 1. The first-order valence-electron chi connectivity index (χ1n) is 14.0. The Hall–Kier alpha value is -5.36. The van der Waals surface area contributed by atoms with Crippen molar-refractivity contribution in [1.29, 1.82) is 0 Å². The molecular weight excluding hydrogens is 607 g/mol. The molecule has 0 radical (unpaired) electrons. The van der Waals surface area contributed by atoms with E-state index in [0.29, 0.717) is 26.8 Å². The van der Waals surface area contributed by atoms with Crippen LogP contribution in [0.25, 0.3) is 66.1 Å². The van der Waals surface area contributed by atoms with Gasteiger partial charge in [-0.1, -0.05) is 108 Å². The SMILES string of the molecule is O=C(O)c1cc(Cl)ccc1-c1cccc2c1oc1ccccc12.O=Cc1cc(Cl)ccc1-c1cccc2c1oc1ccccc12. The van der Waals surface area contributed by atoms with Gasteiger partial charge in [0, 0.05) is 53.8 Å². The van der Waals surface area contributed by atoms with E-state index in [2.05, 4.69) is 0 Å². The smallest absolute Gasteiger partial charge is 0.336 e. The minimum absolute atomic E-state index is 0.158. The van der Waals surface area contributed by atoms with Gasteiger partial charge in [-0.3, -0.25) is 4.79 Å². The lowest BCUT2D eigenvalue weighted by Gasteiger charge is -2.07. The van der Waals surface area contributed by atoms with Gasteiger partial charge >= 0.3 is 5.97 Å². The molecule has 5 nitrogen and oxygen atoms in total. The molecule has 8 aromatic rings. The first-order valence-corrected chi connectivity index (χ1v) is 14.8. The van der Waals surface area contributed by atoms with Crippen molar-refractivity contribution in [2.75, 3.05) is 0 Å². The van der Waals surface area contributed by atoms with Gasteiger partial charge in [-0.25, -0.2) is 4.79 Å². The lowest BCUT2D eigenvalue weighted by molar-refractivity contribution is 0.0697. The molecule has 0 fully saturated rings. The molecule has 0 aliphatic heterocycles. The van der Waals surface area contributed by atoms with Crippen LogP contribution in [0.15, 0.2) is 130 Å². The average molecular weight is 629 g/mol. The number of hydrogen-bond donors (Lipinski definition) is 1. The Bertz CT molecular complexity index is 2420. The van der Waals surface area contributed by atoms with Crippen LogP contribution in [0, 0.1) is 0 Å². The number of para-hydroxylation sites is 4. The molecule has 7 heteroatoms. The number of furan rings is 2. The summed E-state index contributed by atoms with van der Waals surface area (Å²) < 4.78 is 12.0. The number of hydrogen-bond acceptors (Lipinski definition) is 4. The van der Waals surface area contributed by atoms with Gasteiger partial charge in [-0.2, -0.15) is 0 Å². The first kappa shape index (κ1) is 28.4. The van der Waals surface area contributed by atoms with Crippen LogP contribution in [0.3, 0.4) is 0 Å². The fourth-order valence-electron chi connectivity index (χ4n) is 5.72. The molecule has 218 valence electrons. The molecule has 45 heavy (non-hydrogen) atoms. The van der Waals surface area contributed by atoms with Crippen molar-refractivity contribution in [2.24, 2.45) is 0 Å². The number of aldehydes is 1. The quantitative estimate of drug-likeness (QED) is 0.196. The van der Waals surface area contributed by atoms with E-state index in [9.17, 15) is 14.7 Å². The molecule has 0 spiro atoms. The van der Waals surface area contributed by atoms with Gasteiger partial charge in [0.2, 0.25) is 0 Å². The second-order valence-corrected chi connectivity index (χ2v) is 11.3. The highest BCUT2D eigenvalue weighted by atomic mass is 35.5. The van der Waals surface area contributed by atoms with E-state index in [1.54, 1.807) is 24.3 Å². The van der Waals surface area contributed by atoms with Crippen molar-refractivity contribution in [3.05, 3.63) is 142 Å². The summed E-state index contributed by atoms with van der Waals surface area (Å²) in [7, 11) is 0. The van der Waals surface area contributed by atoms with Gasteiger partial charge in [0.1, 0.15) is 22.3 Å². The Morgan fingerprint density at radius 1 is 0.556 bits per heavy atom. The number of halogens is 2. The Kier molecular flexibility index (Phi) is 7.34. The molecule has 8 rings (SSSR count). The Labute approximate surface area is 266 Å². The molecule has 0 atom stereocenters. The van der Waals surface area contributed by atoms with Crippen LogP contribution in [0.2, 0.25) is 10.0 Å². The minimum Gasteiger partial charge on any atom is -0.478 e.